The summed E-state index contributed by atoms with van der Waals surface area (Å²) in [6.07, 6.45) is 0.991. The lowest BCUT2D eigenvalue weighted by atomic mass is 10.3. The van der Waals surface area contributed by atoms with Crippen molar-refractivity contribution in [1.29, 1.82) is 0 Å². The van der Waals surface area contributed by atoms with E-state index in [1.165, 1.54) is 4.90 Å². The van der Waals surface area contributed by atoms with Gasteiger partial charge in [0.25, 0.3) is 0 Å². The molecule has 0 aromatic heterocycles. The first-order valence-electron chi connectivity index (χ1n) is 5.20. The molecule has 1 aliphatic rings. The summed E-state index contributed by atoms with van der Waals surface area (Å²) in [7, 11) is 0. The highest BCUT2D eigenvalue weighted by Gasteiger charge is 2.35. The van der Waals surface area contributed by atoms with Crippen molar-refractivity contribution in [3.8, 4) is 0 Å². The van der Waals surface area contributed by atoms with Crippen molar-refractivity contribution in [2.45, 2.75) is 39.3 Å². The molecular formula is C10H18N2O3. The SMILES string of the molecule is CC1CC1NC(=O)N(CC(=O)O)C(C)C. The molecule has 0 spiro atoms. The van der Waals surface area contributed by atoms with Crippen LogP contribution in [0.4, 0.5) is 4.79 Å². The second-order valence-electron chi connectivity index (χ2n) is 4.38. The molecule has 0 heterocycles. The maximum Gasteiger partial charge on any atom is 0.323 e. The van der Waals surface area contributed by atoms with E-state index in [1.807, 2.05) is 0 Å². The van der Waals surface area contributed by atoms with Crippen LogP contribution in [-0.2, 0) is 4.79 Å². The van der Waals surface area contributed by atoms with E-state index in [9.17, 15) is 9.59 Å². The van der Waals surface area contributed by atoms with Crippen LogP contribution in [-0.4, -0.2) is 40.6 Å². The van der Waals surface area contributed by atoms with Crippen molar-refractivity contribution in [2.24, 2.45) is 5.92 Å². The lowest BCUT2D eigenvalue weighted by Gasteiger charge is -2.25. The quantitative estimate of drug-likeness (QED) is 0.730. The van der Waals surface area contributed by atoms with E-state index in [-0.39, 0.29) is 24.7 Å². The van der Waals surface area contributed by atoms with Crippen LogP contribution in [0.25, 0.3) is 0 Å². The van der Waals surface area contributed by atoms with Crippen molar-refractivity contribution in [3.05, 3.63) is 0 Å². The Balaban J connectivity index is 2.47. The van der Waals surface area contributed by atoms with Crippen LogP contribution in [0.2, 0.25) is 0 Å². The zero-order valence-corrected chi connectivity index (χ0v) is 9.36. The van der Waals surface area contributed by atoms with Gasteiger partial charge in [-0.15, -0.1) is 0 Å². The molecule has 0 bridgehead atoms. The highest BCUT2D eigenvalue weighted by atomic mass is 16.4. The predicted octanol–water partition coefficient (Wildman–Crippen LogP) is 0.899. The lowest BCUT2D eigenvalue weighted by Crippen LogP contribution is -2.47. The minimum absolute atomic E-state index is 0.102. The van der Waals surface area contributed by atoms with E-state index in [0.717, 1.165) is 6.42 Å². The molecule has 1 saturated carbocycles. The van der Waals surface area contributed by atoms with Crippen LogP contribution < -0.4 is 5.32 Å². The van der Waals surface area contributed by atoms with Gasteiger partial charge in [0.15, 0.2) is 0 Å². The summed E-state index contributed by atoms with van der Waals surface area (Å²) >= 11 is 0. The average Bonchev–Trinajstić information content (AvgIpc) is 2.76. The number of nitrogens with one attached hydrogen (secondary N) is 1. The summed E-state index contributed by atoms with van der Waals surface area (Å²) in [5, 5.41) is 11.5. The van der Waals surface area contributed by atoms with Gasteiger partial charge in [0.1, 0.15) is 6.54 Å². The van der Waals surface area contributed by atoms with Gasteiger partial charge in [-0.25, -0.2) is 4.79 Å². The fourth-order valence-corrected chi connectivity index (χ4v) is 1.40. The third kappa shape index (κ3) is 3.42. The van der Waals surface area contributed by atoms with Crippen LogP contribution in [0.5, 0.6) is 0 Å². The molecule has 2 N–H and O–H groups in total. The van der Waals surface area contributed by atoms with E-state index in [4.69, 9.17) is 5.11 Å². The number of carboxylic acid groups (broad SMARTS) is 1. The second-order valence-corrected chi connectivity index (χ2v) is 4.38. The molecule has 2 atom stereocenters. The molecule has 1 aliphatic carbocycles. The van der Waals surface area contributed by atoms with Gasteiger partial charge in [-0.3, -0.25) is 4.79 Å². The van der Waals surface area contributed by atoms with Crippen molar-refractivity contribution in [3.63, 3.8) is 0 Å². The Kier molecular flexibility index (Phi) is 3.55. The lowest BCUT2D eigenvalue weighted by molar-refractivity contribution is -0.138. The molecule has 15 heavy (non-hydrogen) atoms. The van der Waals surface area contributed by atoms with E-state index < -0.39 is 5.97 Å². The smallest absolute Gasteiger partial charge is 0.323 e. The highest BCUT2D eigenvalue weighted by Crippen LogP contribution is 2.29. The van der Waals surface area contributed by atoms with Gasteiger partial charge in [-0.05, 0) is 26.2 Å². The molecule has 86 valence electrons. The van der Waals surface area contributed by atoms with Gasteiger partial charge in [-0.2, -0.15) is 0 Å². The Labute approximate surface area is 89.4 Å². The third-order valence-electron chi connectivity index (χ3n) is 2.61. The maximum absolute atomic E-state index is 11.7. The Morgan fingerprint density at radius 3 is 2.40 bits per heavy atom. The first-order valence-corrected chi connectivity index (χ1v) is 5.20. The van der Waals surface area contributed by atoms with Crippen molar-refractivity contribution >= 4 is 12.0 Å². The largest absolute Gasteiger partial charge is 0.480 e. The monoisotopic (exact) mass is 214 g/mol. The summed E-state index contributed by atoms with van der Waals surface area (Å²) in [6, 6.07) is -0.149. The summed E-state index contributed by atoms with van der Waals surface area (Å²) in [5.74, 6) is -0.463. The molecule has 0 saturated heterocycles. The number of carboxylic acids is 1. The number of hydrogen-bond donors (Lipinski definition) is 2. The number of hydrogen-bond acceptors (Lipinski definition) is 2. The molecule has 0 radical (unpaired) electrons. The summed E-state index contributed by atoms with van der Waals surface area (Å²) < 4.78 is 0. The van der Waals surface area contributed by atoms with Gasteiger partial charge in [-0.1, -0.05) is 6.92 Å². The highest BCUT2D eigenvalue weighted by molar-refractivity contribution is 5.80. The Hall–Kier alpha value is -1.26. The molecule has 0 aromatic carbocycles. The molecule has 1 rings (SSSR count). The Morgan fingerprint density at radius 1 is 1.53 bits per heavy atom. The first kappa shape index (κ1) is 11.8. The van der Waals surface area contributed by atoms with Gasteiger partial charge < -0.3 is 15.3 Å². The first-order chi connectivity index (χ1) is 6.91. The minimum Gasteiger partial charge on any atom is -0.480 e. The van der Waals surface area contributed by atoms with Gasteiger partial charge in [0.2, 0.25) is 0 Å². The van der Waals surface area contributed by atoms with Crippen molar-refractivity contribution in [2.75, 3.05) is 6.54 Å². The number of carbonyl (C=O) groups excluding carboxylic acids is 1. The number of urea groups is 1. The molecule has 0 aliphatic heterocycles. The van der Waals surface area contributed by atoms with Crippen LogP contribution in [0.15, 0.2) is 0 Å². The van der Waals surface area contributed by atoms with Crippen LogP contribution in [0.1, 0.15) is 27.2 Å². The molecule has 2 amide bonds. The van der Waals surface area contributed by atoms with Gasteiger partial charge in [0, 0.05) is 12.1 Å². The Bertz CT molecular complexity index is 265. The fraction of sp³-hybridized carbons (Fsp3) is 0.800. The number of carbonyl (C=O) groups is 2. The van der Waals surface area contributed by atoms with Crippen LogP contribution in [0, 0.1) is 5.92 Å². The van der Waals surface area contributed by atoms with Crippen molar-refractivity contribution < 1.29 is 14.7 Å². The van der Waals surface area contributed by atoms with Crippen LogP contribution >= 0.6 is 0 Å². The van der Waals surface area contributed by atoms with E-state index in [2.05, 4.69) is 12.2 Å². The fourth-order valence-electron chi connectivity index (χ4n) is 1.40. The standard InChI is InChI=1S/C10H18N2O3/c1-6(2)12(5-9(13)14)10(15)11-8-4-7(8)3/h6-8H,4-5H2,1-3H3,(H,11,15)(H,13,14). The van der Waals surface area contributed by atoms with Crippen molar-refractivity contribution in [1.82, 2.24) is 10.2 Å². The third-order valence-corrected chi connectivity index (χ3v) is 2.61. The van der Waals surface area contributed by atoms with E-state index in [0.29, 0.717) is 5.92 Å². The number of aliphatic carboxylic acids is 1. The molecular weight excluding hydrogens is 196 g/mol. The predicted molar refractivity (Wildman–Crippen MR) is 55.6 cm³/mol. The van der Waals surface area contributed by atoms with Gasteiger partial charge in [0.05, 0.1) is 0 Å². The zero-order valence-electron chi connectivity index (χ0n) is 9.36. The Morgan fingerprint density at radius 2 is 2.07 bits per heavy atom. The number of amides is 2. The number of nitrogens with zero attached hydrogens (tertiary/aromatic N) is 1. The average molecular weight is 214 g/mol. The van der Waals surface area contributed by atoms with Crippen LogP contribution in [0.3, 0.4) is 0 Å². The van der Waals surface area contributed by atoms with E-state index >= 15 is 0 Å². The summed E-state index contributed by atoms with van der Waals surface area (Å²) in [6.45, 7) is 5.42. The minimum atomic E-state index is -0.984. The molecule has 5 heteroatoms. The zero-order chi connectivity index (χ0) is 11.6. The number of rotatable bonds is 4. The second kappa shape index (κ2) is 4.51. The normalized spacial score (nSPS) is 23.7. The molecule has 5 nitrogen and oxygen atoms in total. The van der Waals surface area contributed by atoms with E-state index in [1.54, 1.807) is 13.8 Å². The summed E-state index contributed by atoms with van der Waals surface area (Å²) in [4.78, 5) is 23.6. The topological polar surface area (TPSA) is 69.6 Å². The maximum atomic E-state index is 11.7. The molecule has 1 fully saturated rings. The molecule has 0 aromatic rings. The molecule has 2 unspecified atom stereocenters. The summed E-state index contributed by atoms with van der Waals surface area (Å²) in [5.41, 5.74) is 0. The van der Waals surface area contributed by atoms with Gasteiger partial charge >= 0.3 is 12.0 Å².